The molecule has 1 aromatic carbocycles. The molecule has 168 valence electrons. The van der Waals surface area contributed by atoms with Crippen LogP contribution in [0.25, 0.3) is 10.9 Å². The number of alkyl carbamates (subject to hydrolysis) is 1. The number of fused-ring (bicyclic) bond motifs is 3. The Morgan fingerprint density at radius 3 is 2.77 bits per heavy atom. The number of rotatable bonds is 4. The Morgan fingerprint density at radius 2 is 2.06 bits per heavy atom. The number of hydrogen-bond acceptors (Lipinski definition) is 6. The Morgan fingerprint density at radius 1 is 1.29 bits per heavy atom. The first kappa shape index (κ1) is 21.7. The van der Waals surface area contributed by atoms with Gasteiger partial charge < -0.3 is 24.4 Å². The second kappa shape index (κ2) is 8.91. The lowest BCUT2D eigenvalue weighted by atomic mass is 9.93. The molecule has 1 atom stereocenters. The predicted molar refractivity (Wildman–Crippen MR) is 120 cm³/mol. The number of nitrogens with one attached hydrogen (secondary N) is 1. The highest BCUT2D eigenvalue weighted by Gasteiger charge is 2.28. The van der Waals surface area contributed by atoms with Crippen LogP contribution in [0.3, 0.4) is 0 Å². The third-order valence-electron chi connectivity index (χ3n) is 5.94. The number of methoxy groups -OCH3 is 1. The predicted octanol–water partition coefficient (Wildman–Crippen LogP) is 3.78. The van der Waals surface area contributed by atoms with Crippen LogP contribution in [0.15, 0.2) is 24.4 Å². The lowest BCUT2D eigenvalue weighted by Gasteiger charge is -2.36. The molecule has 3 heterocycles. The molecular formula is C24H33N3O4. The highest BCUT2D eigenvalue weighted by Crippen LogP contribution is 2.34. The number of amides is 1. The molecule has 2 aliphatic heterocycles. The summed E-state index contributed by atoms with van der Waals surface area (Å²) in [4.78, 5) is 19.0. The van der Waals surface area contributed by atoms with E-state index in [9.17, 15) is 4.79 Å². The van der Waals surface area contributed by atoms with E-state index in [1.807, 2.05) is 39.1 Å². The van der Waals surface area contributed by atoms with Crippen LogP contribution < -0.4 is 14.8 Å². The van der Waals surface area contributed by atoms with Crippen molar-refractivity contribution in [1.29, 1.82) is 0 Å². The van der Waals surface area contributed by atoms with Crippen molar-refractivity contribution in [2.24, 2.45) is 5.92 Å². The van der Waals surface area contributed by atoms with Gasteiger partial charge in [-0.05, 0) is 58.2 Å². The monoisotopic (exact) mass is 427 g/mol. The van der Waals surface area contributed by atoms with Crippen LogP contribution in [0.5, 0.6) is 11.5 Å². The first-order chi connectivity index (χ1) is 14.8. The Hall–Kier alpha value is -2.54. The maximum absolute atomic E-state index is 12.0. The van der Waals surface area contributed by atoms with Gasteiger partial charge in [-0.25, -0.2) is 4.79 Å². The van der Waals surface area contributed by atoms with E-state index in [4.69, 9.17) is 14.2 Å². The summed E-state index contributed by atoms with van der Waals surface area (Å²) in [5, 5.41) is 4.13. The first-order valence-electron chi connectivity index (χ1n) is 11.1. The third-order valence-corrected chi connectivity index (χ3v) is 5.94. The molecule has 0 bridgehead atoms. The van der Waals surface area contributed by atoms with Crippen molar-refractivity contribution >= 4 is 17.0 Å². The lowest BCUT2D eigenvalue weighted by Crippen LogP contribution is -2.47. The third kappa shape index (κ3) is 5.39. The van der Waals surface area contributed by atoms with Gasteiger partial charge in [0.25, 0.3) is 0 Å². The maximum Gasteiger partial charge on any atom is 0.407 e. The van der Waals surface area contributed by atoms with Crippen molar-refractivity contribution in [2.75, 3.05) is 33.4 Å². The van der Waals surface area contributed by atoms with Crippen LogP contribution in [0.2, 0.25) is 0 Å². The van der Waals surface area contributed by atoms with E-state index in [0.29, 0.717) is 12.5 Å². The van der Waals surface area contributed by atoms with Crippen molar-refractivity contribution < 1.29 is 19.0 Å². The molecule has 1 amide bonds. The summed E-state index contributed by atoms with van der Waals surface area (Å²) < 4.78 is 16.9. The molecule has 0 spiro atoms. The Labute approximate surface area is 184 Å². The van der Waals surface area contributed by atoms with Gasteiger partial charge in [0.15, 0.2) is 0 Å². The van der Waals surface area contributed by atoms with E-state index in [-0.39, 0.29) is 12.1 Å². The quantitative estimate of drug-likeness (QED) is 0.801. The summed E-state index contributed by atoms with van der Waals surface area (Å²) in [6, 6.07) is 6.18. The molecule has 1 N–H and O–H groups in total. The number of carbonyl (C=O) groups is 1. The largest absolute Gasteiger partial charge is 0.497 e. The number of aromatic nitrogens is 1. The highest BCUT2D eigenvalue weighted by atomic mass is 16.6. The summed E-state index contributed by atoms with van der Waals surface area (Å²) in [7, 11) is 1.69. The van der Waals surface area contributed by atoms with Crippen LogP contribution in [-0.4, -0.2) is 61.0 Å². The molecule has 1 unspecified atom stereocenters. The molecule has 1 saturated heterocycles. The van der Waals surface area contributed by atoms with Crippen molar-refractivity contribution in [3.63, 3.8) is 0 Å². The number of benzene rings is 1. The zero-order valence-electron chi connectivity index (χ0n) is 18.9. The molecule has 31 heavy (non-hydrogen) atoms. The average Bonchev–Trinajstić information content (AvgIpc) is 2.73. The minimum Gasteiger partial charge on any atom is -0.497 e. The molecule has 2 aromatic rings. The summed E-state index contributed by atoms with van der Waals surface area (Å²) >= 11 is 0. The fourth-order valence-corrected chi connectivity index (χ4v) is 4.44. The van der Waals surface area contributed by atoms with Crippen LogP contribution in [0, 0.1) is 5.92 Å². The number of pyridine rings is 1. The zero-order valence-corrected chi connectivity index (χ0v) is 18.9. The van der Waals surface area contributed by atoms with Gasteiger partial charge in [-0.2, -0.15) is 0 Å². The van der Waals surface area contributed by atoms with Crippen LogP contribution >= 0.6 is 0 Å². The maximum atomic E-state index is 12.0. The number of ether oxygens (including phenoxy) is 3. The molecule has 4 rings (SSSR count). The normalized spacial score (nSPS) is 20.1. The second-order valence-electron chi connectivity index (χ2n) is 9.59. The molecule has 1 aromatic heterocycles. The summed E-state index contributed by atoms with van der Waals surface area (Å²) in [6.07, 6.45) is 4.37. The summed E-state index contributed by atoms with van der Waals surface area (Å²) in [5.74, 6) is 2.15. The SMILES string of the molecule is COc1ccc2ncc3c(c2c1)CC(CN1CCC(NC(=O)OC(C)(C)C)CC1)CO3. The van der Waals surface area contributed by atoms with Crippen molar-refractivity contribution in [1.82, 2.24) is 15.2 Å². The number of piperidine rings is 1. The number of nitrogens with zero attached hydrogens (tertiary/aromatic N) is 2. The number of likely N-dealkylation sites (tertiary alicyclic amines) is 1. The van der Waals surface area contributed by atoms with Crippen LogP contribution in [0.4, 0.5) is 4.79 Å². The fourth-order valence-electron chi connectivity index (χ4n) is 4.44. The topological polar surface area (TPSA) is 72.9 Å². The average molecular weight is 428 g/mol. The lowest BCUT2D eigenvalue weighted by molar-refractivity contribution is 0.0472. The van der Waals surface area contributed by atoms with E-state index in [2.05, 4.69) is 21.3 Å². The Kier molecular flexibility index (Phi) is 6.23. The van der Waals surface area contributed by atoms with Crippen molar-refractivity contribution in [3.05, 3.63) is 30.0 Å². The molecule has 2 aliphatic rings. The number of hydrogen-bond donors (Lipinski definition) is 1. The standard InChI is InChI=1S/C24H33N3O4/c1-24(2,3)31-23(28)26-17-7-9-27(10-8-17)14-16-11-20-19-12-18(29-4)5-6-21(19)25-13-22(20)30-15-16/h5-6,12-13,16-17H,7-11,14-15H2,1-4H3,(H,26,28). The fraction of sp³-hybridized carbons (Fsp3) is 0.583. The van der Waals surface area contributed by atoms with Crippen molar-refractivity contribution in [2.45, 2.75) is 51.7 Å². The van der Waals surface area contributed by atoms with Crippen LogP contribution in [-0.2, 0) is 11.2 Å². The Balaban J connectivity index is 1.33. The summed E-state index contributed by atoms with van der Waals surface area (Å²) in [6.45, 7) is 9.29. The van der Waals surface area contributed by atoms with E-state index in [0.717, 1.165) is 61.3 Å². The van der Waals surface area contributed by atoms with Gasteiger partial charge in [-0.15, -0.1) is 0 Å². The van der Waals surface area contributed by atoms with E-state index in [1.54, 1.807) is 7.11 Å². The number of carbonyl (C=O) groups excluding carboxylic acids is 1. The van der Waals surface area contributed by atoms with Crippen molar-refractivity contribution in [3.8, 4) is 11.5 Å². The minimum absolute atomic E-state index is 0.178. The van der Waals surface area contributed by atoms with E-state index >= 15 is 0 Å². The molecule has 1 fully saturated rings. The zero-order chi connectivity index (χ0) is 22.0. The van der Waals surface area contributed by atoms with Gasteiger partial charge >= 0.3 is 6.09 Å². The molecule has 0 radical (unpaired) electrons. The van der Waals surface area contributed by atoms with Gasteiger partial charge in [0.1, 0.15) is 17.1 Å². The Bertz CT molecular complexity index is 927. The minimum atomic E-state index is -0.466. The molecule has 0 saturated carbocycles. The molecular weight excluding hydrogens is 394 g/mol. The first-order valence-corrected chi connectivity index (χ1v) is 11.1. The van der Waals surface area contributed by atoms with Gasteiger partial charge in [-0.1, -0.05) is 0 Å². The van der Waals surface area contributed by atoms with Gasteiger partial charge in [-0.3, -0.25) is 4.98 Å². The van der Waals surface area contributed by atoms with Gasteiger partial charge in [0.05, 0.1) is 25.4 Å². The van der Waals surface area contributed by atoms with Crippen LogP contribution in [0.1, 0.15) is 39.2 Å². The molecule has 7 heteroatoms. The van der Waals surface area contributed by atoms with Gasteiger partial charge in [0.2, 0.25) is 0 Å². The summed E-state index contributed by atoms with van der Waals surface area (Å²) in [5.41, 5.74) is 1.73. The van der Waals surface area contributed by atoms with Gasteiger partial charge in [0, 0.05) is 42.5 Å². The van der Waals surface area contributed by atoms with E-state index < -0.39 is 5.60 Å². The molecule has 7 nitrogen and oxygen atoms in total. The van der Waals surface area contributed by atoms with E-state index in [1.165, 1.54) is 5.56 Å². The second-order valence-corrected chi connectivity index (χ2v) is 9.59. The molecule has 0 aliphatic carbocycles. The highest BCUT2D eigenvalue weighted by molar-refractivity contribution is 5.85. The smallest absolute Gasteiger partial charge is 0.407 e.